The summed E-state index contributed by atoms with van der Waals surface area (Å²) in [6, 6.07) is 6.11. The Morgan fingerprint density at radius 1 is 1.30 bits per heavy atom. The number of nitrogens with zero attached hydrogens (tertiary/aromatic N) is 1. The Kier molecular flexibility index (Phi) is 5.09. The fraction of sp³-hybridized carbons (Fsp3) is 0.409. The van der Waals surface area contributed by atoms with Gasteiger partial charge in [0.1, 0.15) is 17.5 Å². The smallest absolute Gasteiger partial charge is 0.332 e. The zero-order valence-electron chi connectivity index (χ0n) is 16.8. The first kappa shape index (κ1) is 20.1. The summed E-state index contributed by atoms with van der Waals surface area (Å²) in [5.41, 5.74) is 0.580. The van der Waals surface area contributed by atoms with Crippen molar-refractivity contribution in [2.24, 2.45) is 0 Å². The van der Waals surface area contributed by atoms with Gasteiger partial charge in [-0.1, -0.05) is 13.0 Å². The second kappa shape index (κ2) is 7.59. The van der Waals surface area contributed by atoms with Crippen LogP contribution in [0.1, 0.15) is 53.7 Å². The highest BCUT2D eigenvalue weighted by Crippen LogP contribution is 2.40. The maximum atomic E-state index is 13.5. The van der Waals surface area contributed by atoms with E-state index >= 15 is 0 Å². The minimum atomic E-state index is -1.11. The van der Waals surface area contributed by atoms with Crippen LogP contribution in [0.5, 0.6) is 11.5 Å². The molecule has 1 aromatic carbocycles. The van der Waals surface area contributed by atoms with E-state index in [1.165, 1.54) is 31.5 Å². The van der Waals surface area contributed by atoms with Crippen LogP contribution in [0.4, 0.5) is 4.39 Å². The predicted octanol–water partition coefficient (Wildman–Crippen LogP) is 2.86. The van der Waals surface area contributed by atoms with Gasteiger partial charge in [-0.25, -0.2) is 14.2 Å². The molecule has 2 unspecified atom stereocenters. The van der Waals surface area contributed by atoms with Gasteiger partial charge in [-0.15, -0.1) is 0 Å². The van der Waals surface area contributed by atoms with Gasteiger partial charge >= 0.3 is 5.97 Å². The second-order valence-corrected chi connectivity index (χ2v) is 7.86. The average Bonchev–Trinajstić information content (AvgIpc) is 3.50. The van der Waals surface area contributed by atoms with Gasteiger partial charge in [0.15, 0.2) is 17.2 Å². The summed E-state index contributed by atoms with van der Waals surface area (Å²) in [6.07, 6.45) is 3.10. The van der Waals surface area contributed by atoms with Crippen molar-refractivity contribution in [2.75, 3.05) is 7.11 Å². The third kappa shape index (κ3) is 3.58. The van der Waals surface area contributed by atoms with Gasteiger partial charge in [0, 0.05) is 18.2 Å². The minimum Gasteiger partial charge on any atom is -0.503 e. The molecule has 0 aliphatic heterocycles. The van der Waals surface area contributed by atoms with E-state index in [2.05, 4.69) is 10.3 Å². The maximum absolute atomic E-state index is 13.5. The zero-order valence-corrected chi connectivity index (χ0v) is 16.8. The van der Waals surface area contributed by atoms with Crippen LogP contribution < -0.4 is 10.1 Å². The molecule has 2 aliphatic rings. The predicted molar refractivity (Wildman–Crippen MR) is 105 cm³/mol. The molecule has 30 heavy (non-hydrogen) atoms. The van der Waals surface area contributed by atoms with Crippen molar-refractivity contribution >= 4 is 11.9 Å². The van der Waals surface area contributed by atoms with Crippen molar-refractivity contribution in [2.45, 2.75) is 50.2 Å². The van der Waals surface area contributed by atoms with E-state index in [1.807, 2.05) is 6.92 Å². The number of nitrogens with one attached hydrogen (secondary N) is 1. The van der Waals surface area contributed by atoms with Gasteiger partial charge in [-0.2, -0.15) is 0 Å². The minimum absolute atomic E-state index is 0.0751. The van der Waals surface area contributed by atoms with Crippen LogP contribution in [-0.4, -0.2) is 40.7 Å². The fourth-order valence-electron chi connectivity index (χ4n) is 3.94. The Balaban J connectivity index is 1.45. The average molecular weight is 414 g/mol. The lowest BCUT2D eigenvalue weighted by molar-refractivity contribution is -0.154. The Morgan fingerprint density at radius 3 is 2.77 bits per heavy atom. The number of pyridine rings is 1. The van der Waals surface area contributed by atoms with E-state index in [1.54, 1.807) is 6.07 Å². The van der Waals surface area contributed by atoms with E-state index in [4.69, 9.17) is 9.47 Å². The number of aromatic nitrogens is 1. The van der Waals surface area contributed by atoms with Crippen molar-refractivity contribution in [3.8, 4) is 11.5 Å². The first-order valence-corrected chi connectivity index (χ1v) is 9.88. The molecule has 2 N–H and O–H groups in total. The number of fused-ring (bicyclic) bond motifs is 1. The Bertz CT molecular complexity index is 1010. The van der Waals surface area contributed by atoms with Gasteiger partial charge in [-0.3, -0.25) is 4.79 Å². The van der Waals surface area contributed by atoms with Crippen LogP contribution >= 0.6 is 0 Å². The van der Waals surface area contributed by atoms with Crippen LogP contribution in [0, 0.1) is 5.82 Å². The number of hydrogen-bond acceptors (Lipinski definition) is 6. The molecule has 2 atom stereocenters. The monoisotopic (exact) mass is 414 g/mol. The summed E-state index contributed by atoms with van der Waals surface area (Å²) >= 11 is 0. The summed E-state index contributed by atoms with van der Waals surface area (Å²) in [5, 5.41) is 12.8. The Morgan fingerprint density at radius 2 is 2.07 bits per heavy atom. The molecule has 2 aromatic rings. The molecule has 0 bridgehead atoms. The lowest BCUT2D eigenvalue weighted by Crippen LogP contribution is -2.46. The largest absolute Gasteiger partial charge is 0.503 e. The molecule has 0 spiro atoms. The van der Waals surface area contributed by atoms with Crippen LogP contribution in [0.15, 0.2) is 30.5 Å². The number of esters is 1. The van der Waals surface area contributed by atoms with Crippen molar-refractivity contribution in [3.63, 3.8) is 0 Å². The van der Waals surface area contributed by atoms with Crippen molar-refractivity contribution in [1.82, 2.24) is 10.3 Å². The van der Waals surface area contributed by atoms with Gasteiger partial charge in [0.2, 0.25) is 0 Å². The molecule has 158 valence electrons. The van der Waals surface area contributed by atoms with Crippen LogP contribution in [0.2, 0.25) is 0 Å². The molecule has 7 nitrogen and oxygen atoms in total. The standard InChI is InChI=1S/C22H23FN2O5/c1-12-15-5-4-14(23)11-13(15)3-6-16(12)30-21(28)22(8-9-22)25-20(27)18-19(26)17(29-2)7-10-24-18/h4-5,7,10-12,16,26H,3,6,8-9H2,1-2H3,(H,25,27). The molecule has 4 rings (SSSR count). The molecule has 1 fully saturated rings. The molecule has 1 heterocycles. The molecular weight excluding hydrogens is 391 g/mol. The van der Waals surface area contributed by atoms with Gasteiger partial charge in [0.25, 0.3) is 5.91 Å². The number of carbonyl (C=O) groups excluding carboxylic acids is 2. The van der Waals surface area contributed by atoms with E-state index in [0.717, 1.165) is 11.1 Å². The zero-order chi connectivity index (χ0) is 21.5. The van der Waals surface area contributed by atoms with Crippen LogP contribution in [0.25, 0.3) is 0 Å². The lowest BCUT2D eigenvalue weighted by Gasteiger charge is -2.32. The summed E-state index contributed by atoms with van der Waals surface area (Å²) in [4.78, 5) is 29.4. The molecule has 1 amide bonds. The summed E-state index contributed by atoms with van der Waals surface area (Å²) in [5.74, 6) is -1.78. The third-order valence-electron chi connectivity index (χ3n) is 5.93. The molecule has 0 radical (unpaired) electrons. The van der Waals surface area contributed by atoms with Gasteiger partial charge < -0.3 is 19.9 Å². The number of aryl methyl sites for hydroxylation is 1. The van der Waals surface area contributed by atoms with Crippen molar-refractivity contribution in [3.05, 3.63) is 53.1 Å². The molecule has 8 heteroatoms. The highest BCUT2D eigenvalue weighted by atomic mass is 19.1. The van der Waals surface area contributed by atoms with Crippen molar-refractivity contribution in [1.29, 1.82) is 0 Å². The quantitative estimate of drug-likeness (QED) is 0.731. The Labute approximate surface area is 173 Å². The SMILES string of the molecule is COc1ccnc(C(=O)NC2(C(=O)OC3CCc4cc(F)ccc4C3C)CC2)c1O. The van der Waals surface area contributed by atoms with E-state index in [0.29, 0.717) is 25.7 Å². The highest BCUT2D eigenvalue weighted by molar-refractivity contribution is 6.00. The molecule has 0 saturated heterocycles. The van der Waals surface area contributed by atoms with E-state index in [9.17, 15) is 19.1 Å². The number of ether oxygens (including phenoxy) is 2. The first-order chi connectivity index (χ1) is 14.3. The molecule has 2 aliphatic carbocycles. The number of amides is 1. The maximum Gasteiger partial charge on any atom is 0.332 e. The Hall–Kier alpha value is -3.16. The summed E-state index contributed by atoms with van der Waals surface area (Å²) < 4.78 is 24.2. The number of methoxy groups -OCH3 is 1. The topological polar surface area (TPSA) is 97.8 Å². The van der Waals surface area contributed by atoms with E-state index in [-0.39, 0.29) is 35.0 Å². The second-order valence-electron chi connectivity index (χ2n) is 7.86. The van der Waals surface area contributed by atoms with Gasteiger partial charge in [0.05, 0.1) is 7.11 Å². The third-order valence-corrected chi connectivity index (χ3v) is 5.93. The number of rotatable bonds is 5. The number of aromatic hydroxyl groups is 1. The number of carbonyl (C=O) groups is 2. The van der Waals surface area contributed by atoms with Crippen LogP contribution in [0.3, 0.4) is 0 Å². The molecular formula is C22H23FN2O5. The number of halogens is 1. The lowest BCUT2D eigenvalue weighted by atomic mass is 9.81. The summed E-state index contributed by atoms with van der Waals surface area (Å²) in [6.45, 7) is 1.95. The summed E-state index contributed by atoms with van der Waals surface area (Å²) in [7, 11) is 1.37. The number of benzene rings is 1. The highest BCUT2D eigenvalue weighted by Gasteiger charge is 2.54. The normalized spacial score (nSPS) is 21.3. The molecule has 1 aromatic heterocycles. The molecule has 1 saturated carbocycles. The fourth-order valence-corrected chi connectivity index (χ4v) is 3.94. The van der Waals surface area contributed by atoms with Crippen LogP contribution in [-0.2, 0) is 16.0 Å². The van der Waals surface area contributed by atoms with E-state index < -0.39 is 17.4 Å². The van der Waals surface area contributed by atoms with Crippen molar-refractivity contribution < 1.29 is 28.6 Å². The first-order valence-electron chi connectivity index (χ1n) is 9.88. The van der Waals surface area contributed by atoms with Gasteiger partial charge in [-0.05, 0) is 48.9 Å². The number of hydrogen-bond donors (Lipinski definition) is 2.